The zero-order valence-electron chi connectivity index (χ0n) is 34.5. The van der Waals surface area contributed by atoms with Gasteiger partial charge in [-0.05, 0) is 110 Å². The van der Waals surface area contributed by atoms with Crippen molar-refractivity contribution >= 4 is 7.82 Å². The van der Waals surface area contributed by atoms with Crippen LogP contribution in [0.4, 0.5) is 8.78 Å². The van der Waals surface area contributed by atoms with E-state index in [-0.39, 0.29) is 30.7 Å². The predicted molar refractivity (Wildman–Crippen MR) is 211 cm³/mol. The lowest BCUT2D eigenvalue weighted by Gasteiger charge is -2.60. The van der Waals surface area contributed by atoms with E-state index in [1.54, 1.807) is 6.92 Å². The molecule has 4 aliphatic rings. The van der Waals surface area contributed by atoms with Crippen LogP contribution in [0.2, 0.25) is 0 Å². The van der Waals surface area contributed by atoms with Crippen molar-refractivity contribution in [2.75, 3.05) is 6.61 Å². The quantitative estimate of drug-likeness (QED) is 0.104. The highest BCUT2D eigenvalue weighted by Crippen LogP contribution is 2.72. The van der Waals surface area contributed by atoms with Crippen LogP contribution in [0.1, 0.15) is 125 Å². The van der Waals surface area contributed by atoms with Gasteiger partial charge < -0.3 is 0 Å². The SMILES string of the molecule is CCOP(=O)(O[C@@H]1CC[C@@]2(C)C(=CC[C@@H]3[C@@H]2CC[C@@]2(C)[C@H]3CC[C@]2(C)[C@H](C)CCCC(C)C)C1)OC(Cn1cncn1)(Cn1cncn1)c1ccc(F)cc1F. The molecule has 0 spiro atoms. The number of hydrogen-bond donors (Lipinski definition) is 0. The third kappa shape index (κ3) is 7.73. The van der Waals surface area contributed by atoms with Crippen molar-refractivity contribution in [3.05, 3.63) is 72.4 Å². The molecule has 0 radical (unpaired) electrons. The Kier molecular flexibility index (Phi) is 11.9. The molecule has 0 N–H and O–H groups in total. The summed E-state index contributed by atoms with van der Waals surface area (Å²) < 4.78 is 67.0. The van der Waals surface area contributed by atoms with Crippen LogP contribution in [-0.4, -0.2) is 42.2 Å². The molecule has 4 aliphatic carbocycles. The molecule has 0 amide bonds. The largest absolute Gasteiger partial charge is 0.476 e. The lowest BCUT2D eigenvalue weighted by molar-refractivity contribution is -0.0903. The number of aromatic nitrogens is 6. The molecule has 13 heteroatoms. The summed E-state index contributed by atoms with van der Waals surface area (Å²) in [5.41, 5.74) is 0.312. The fourth-order valence-corrected chi connectivity index (χ4v) is 13.6. The molecule has 0 aliphatic heterocycles. The van der Waals surface area contributed by atoms with Gasteiger partial charge in [0.1, 0.15) is 42.5 Å². The van der Waals surface area contributed by atoms with E-state index in [1.807, 2.05) is 0 Å². The highest BCUT2D eigenvalue weighted by atomic mass is 31.2. The molecule has 2 heterocycles. The molecule has 7 rings (SSSR count). The van der Waals surface area contributed by atoms with Crippen molar-refractivity contribution in [1.82, 2.24) is 29.5 Å². The van der Waals surface area contributed by atoms with Gasteiger partial charge in [0.2, 0.25) is 0 Å². The molecule has 2 aromatic heterocycles. The van der Waals surface area contributed by atoms with Crippen LogP contribution < -0.4 is 0 Å². The first-order valence-corrected chi connectivity index (χ1v) is 22.5. The number of hydrogen-bond acceptors (Lipinski definition) is 8. The average molecular weight is 797 g/mol. The Hall–Kier alpha value is -2.79. The van der Waals surface area contributed by atoms with E-state index in [4.69, 9.17) is 13.6 Å². The summed E-state index contributed by atoms with van der Waals surface area (Å²) >= 11 is 0. The maximum Gasteiger partial charge on any atom is 0.476 e. The van der Waals surface area contributed by atoms with E-state index in [2.05, 4.69) is 67.8 Å². The maximum atomic E-state index is 15.9. The van der Waals surface area contributed by atoms with E-state index in [0.717, 1.165) is 42.7 Å². The van der Waals surface area contributed by atoms with Gasteiger partial charge in [0.05, 0.1) is 25.8 Å². The van der Waals surface area contributed by atoms with Crippen LogP contribution in [0.25, 0.3) is 0 Å². The van der Waals surface area contributed by atoms with Crippen LogP contribution in [0, 0.1) is 57.5 Å². The van der Waals surface area contributed by atoms with Crippen LogP contribution in [0.5, 0.6) is 0 Å². The summed E-state index contributed by atoms with van der Waals surface area (Å²) in [7, 11) is -4.41. The van der Waals surface area contributed by atoms with Gasteiger partial charge >= 0.3 is 7.82 Å². The van der Waals surface area contributed by atoms with E-state index >= 15 is 4.39 Å². The Balaban J connectivity index is 1.13. The fourth-order valence-electron chi connectivity index (χ4n) is 12.0. The number of nitrogens with zero attached hydrogens (tertiary/aromatic N) is 6. The molecule has 3 saturated carbocycles. The summed E-state index contributed by atoms with van der Waals surface area (Å²) in [6.45, 7) is 16.4. The number of allylic oxidation sites excluding steroid dienone is 1. The summed E-state index contributed by atoms with van der Waals surface area (Å²) in [6, 6.07) is 3.21. The molecular weight excluding hydrogens is 733 g/mol. The molecule has 3 fully saturated rings. The lowest BCUT2D eigenvalue weighted by atomic mass is 9.44. The second-order valence-electron chi connectivity index (χ2n) is 18.6. The maximum absolute atomic E-state index is 15.9. The van der Waals surface area contributed by atoms with Gasteiger partial charge in [-0.3, -0.25) is 13.6 Å². The van der Waals surface area contributed by atoms with Crippen LogP contribution in [-0.2, 0) is 36.8 Å². The van der Waals surface area contributed by atoms with Crippen molar-refractivity contribution in [2.24, 2.45) is 45.8 Å². The van der Waals surface area contributed by atoms with Gasteiger partial charge in [-0.2, -0.15) is 10.2 Å². The second kappa shape index (κ2) is 16.1. The Labute approximate surface area is 332 Å². The minimum atomic E-state index is -4.41. The first kappa shape index (κ1) is 41.4. The summed E-state index contributed by atoms with van der Waals surface area (Å²) in [5.74, 6) is 1.85. The lowest BCUT2D eigenvalue weighted by Crippen LogP contribution is -2.53. The van der Waals surface area contributed by atoms with Crippen LogP contribution in [0.15, 0.2) is 55.2 Å². The fraction of sp³-hybridized carbons (Fsp3) is 0.721. The molecule has 10 nitrogen and oxygen atoms in total. The van der Waals surface area contributed by atoms with Crippen molar-refractivity contribution in [3.8, 4) is 0 Å². The number of halogens is 2. The van der Waals surface area contributed by atoms with Crippen LogP contribution in [0.3, 0.4) is 0 Å². The van der Waals surface area contributed by atoms with E-state index in [0.29, 0.717) is 35.5 Å². The normalized spacial score (nSPS) is 32.0. The Morgan fingerprint density at radius 1 is 0.946 bits per heavy atom. The molecule has 1 unspecified atom stereocenters. The van der Waals surface area contributed by atoms with Crippen molar-refractivity contribution in [1.29, 1.82) is 0 Å². The van der Waals surface area contributed by atoms with Crippen molar-refractivity contribution in [2.45, 2.75) is 144 Å². The molecule has 56 heavy (non-hydrogen) atoms. The van der Waals surface area contributed by atoms with Gasteiger partial charge in [-0.1, -0.05) is 78.5 Å². The number of phosphoric ester groups is 1. The number of fused-ring (bicyclic) bond motifs is 5. The minimum Gasteiger partial charge on any atom is -0.287 e. The first-order chi connectivity index (χ1) is 26.6. The molecule has 0 saturated heterocycles. The number of phosphoric acid groups is 1. The summed E-state index contributed by atoms with van der Waals surface area (Å²) in [4.78, 5) is 8.11. The Bertz CT molecular complexity index is 1840. The topological polar surface area (TPSA) is 106 Å². The van der Waals surface area contributed by atoms with Crippen LogP contribution >= 0.6 is 7.82 Å². The molecule has 0 bridgehead atoms. The molecule has 1 aromatic carbocycles. The highest BCUT2D eigenvalue weighted by Gasteiger charge is 2.63. The third-order valence-electron chi connectivity index (χ3n) is 15.3. The summed E-state index contributed by atoms with van der Waals surface area (Å²) in [5, 5.41) is 8.49. The third-order valence-corrected chi connectivity index (χ3v) is 17.0. The zero-order chi connectivity index (χ0) is 39.9. The minimum absolute atomic E-state index is 0.0260. The second-order valence-corrected chi connectivity index (χ2v) is 20.2. The van der Waals surface area contributed by atoms with Gasteiger partial charge in [-0.25, -0.2) is 32.7 Å². The molecule has 308 valence electrons. The standard InChI is InChI=1S/C43H63F2N6O4P/c1-8-53-56(52,55-43(24-50-28-46-26-48-50,25-51-29-47-27-49-51)38-15-13-33(44)23-39(38)45)54-34-16-19-40(5)32(22-34)12-14-35-36(40)17-21-42(7)37(35)18-20-41(42,6)31(4)11-9-10-30(2)3/h12-13,15,23,26-31,34-37H,8-11,14,16-22,24-25H2,1-7H3/t31-,34-,35-,36+,37+,40+,41-,42+,56?/m1/s1. The van der Waals surface area contributed by atoms with Gasteiger partial charge in [0.15, 0.2) is 0 Å². The molecule has 9 atom stereocenters. The highest BCUT2D eigenvalue weighted by molar-refractivity contribution is 7.48. The molecular formula is C43H63F2N6O4P. The van der Waals surface area contributed by atoms with Crippen molar-refractivity contribution in [3.63, 3.8) is 0 Å². The van der Waals surface area contributed by atoms with Crippen molar-refractivity contribution < 1.29 is 26.9 Å². The Morgan fingerprint density at radius 2 is 1.64 bits per heavy atom. The van der Waals surface area contributed by atoms with E-state index < -0.39 is 31.2 Å². The van der Waals surface area contributed by atoms with Gasteiger partial charge in [0, 0.05) is 11.6 Å². The summed E-state index contributed by atoms with van der Waals surface area (Å²) in [6.07, 6.45) is 20.1. The average Bonchev–Trinajstić information content (AvgIpc) is 3.90. The smallest absolute Gasteiger partial charge is 0.287 e. The predicted octanol–water partition coefficient (Wildman–Crippen LogP) is 10.7. The number of benzene rings is 1. The zero-order valence-corrected chi connectivity index (χ0v) is 35.4. The van der Waals surface area contributed by atoms with Gasteiger partial charge in [0.25, 0.3) is 0 Å². The van der Waals surface area contributed by atoms with E-state index in [1.165, 1.54) is 91.3 Å². The Morgan fingerprint density at radius 3 is 2.27 bits per heavy atom. The van der Waals surface area contributed by atoms with E-state index in [9.17, 15) is 8.96 Å². The first-order valence-electron chi connectivity index (χ1n) is 21.1. The molecule has 3 aromatic rings. The van der Waals surface area contributed by atoms with Gasteiger partial charge in [-0.15, -0.1) is 0 Å². The monoisotopic (exact) mass is 796 g/mol. The number of rotatable bonds is 16.